The number of hydrogen-bond donors (Lipinski definition) is 2. The molecule has 1 amide bonds. The van der Waals surface area contributed by atoms with Gasteiger partial charge in [-0.15, -0.1) is 0 Å². The van der Waals surface area contributed by atoms with E-state index in [1.807, 2.05) is 42.5 Å². The number of amides is 1. The Kier molecular flexibility index (Phi) is 6.16. The molecule has 0 heterocycles. The summed E-state index contributed by atoms with van der Waals surface area (Å²) in [6, 6.07) is 18.3. The van der Waals surface area contributed by atoms with Gasteiger partial charge in [0.25, 0.3) is 5.91 Å². The molecular formula is C18H22BrN2O+. The van der Waals surface area contributed by atoms with Gasteiger partial charge in [-0.1, -0.05) is 66.2 Å². The van der Waals surface area contributed by atoms with Crippen LogP contribution >= 0.6 is 15.9 Å². The van der Waals surface area contributed by atoms with E-state index in [0.717, 1.165) is 10.2 Å². The average molecular weight is 362 g/mol. The highest BCUT2D eigenvalue weighted by Gasteiger charge is 2.20. The second-order valence-corrected chi connectivity index (χ2v) is 6.59. The lowest BCUT2D eigenvalue weighted by Gasteiger charge is -2.19. The van der Waals surface area contributed by atoms with Gasteiger partial charge in [0, 0.05) is 21.6 Å². The molecule has 2 aromatic carbocycles. The Morgan fingerprint density at radius 2 is 1.86 bits per heavy atom. The summed E-state index contributed by atoms with van der Waals surface area (Å²) >= 11 is 3.40. The maximum atomic E-state index is 12.1. The van der Waals surface area contributed by atoms with Crippen molar-refractivity contribution in [2.24, 2.45) is 5.92 Å². The Bertz CT molecular complexity index is 613. The minimum atomic E-state index is 0.0136. The third-order valence-corrected chi connectivity index (χ3v) is 4.06. The molecule has 0 aliphatic carbocycles. The van der Waals surface area contributed by atoms with E-state index in [-0.39, 0.29) is 11.9 Å². The summed E-state index contributed by atoms with van der Waals surface area (Å²) in [7, 11) is 0. The first-order valence-electron chi connectivity index (χ1n) is 7.50. The molecule has 0 fully saturated rings. The van der Waals surface area contributed by atoms with E-state index in [2.05, 4.69) is 52.5 Å². The standard InChI is InChI=1S/C18H21BrN2O/c1-13(2)18(14-7-4-3-5-8-14)20-12-17(22)21-16-10-6-9-15(19)11-16/h3-11,13,18,20H,12H2,1-2H3,(H,21,22)/p+1/t18-/m1/s1. The molecule has 0 radical (unpaired) electrons. The Morgan fingerprint density at radius 3 is 2.50 bits per heavy atom. The van der Waals surface area contributed by atoms with Crippen LogP contribution in [0.4, 0.5) is 5.69 Å². The SMILES string of the molecule is CC(C)[C@@H]([NH2+]CC(=O)Nc1cccc(Br)c1)c1ccccc1. The summed E-state index contributed by atoms with van der Waals surface area (Å²) in [4.78, 5) is 12.1. The highest BCUT2D eigenvalue weighted by molar-refractivity contribution is 9.10. The number of quaternary nitrogens is 1. The van der Waals surface area contributed by atoms with Crippen molar-refractivity contribution < 1.29 is 10.1 Å². The van der Waals surface area contributed by atoms with E-state index in [1.54, 1.807) is 0 Å². The summed E-state index contributed by atoms with van der Waals surface area (Å²) in [6.07, 6.45) is 0. The first-order chi connectivity index (χ1) is 10.6. The number of anilines is 1. The zero-order chi connectivity index (χ0) is 15.9. The molecule has 2 aromatic rings. The van der Waals surface area contributed by atoms with Gasteiger partial charge < -0.3 is 10.6 Å². The number of carbonyl (C=O) groups is 1. The molecule has 0 aliphatic rings. The smallest absolute Gasteiger partial charge is 0.279 e. The number of nitrogens with one attached hydrogen (secondary N) is 1. The van der Waals surface area contributed by atoms with Gasteiger partial charge in [0.1, 0.15) is 6.04 Å². The van der Waals surface area contributed by atoms with Crippen molar-refractivity contribution in [2.45, 2.75) is 19.9 Å². The van der Waals surface area contributed by atoms with Crippen LogP contribution in [0.5, 0.6) is 0 Å². The minimum Gasteiger partial charge on any atom is -0.332 e. The molecule has 1 atom stereocenters. The largest absolute Gasteiger partial charge is 0.332 e. The number of hydrogen-bond acceptors (Lipinski definition) is 1. The fourth-order valence-corrected chi connectivity index (χ4v) is 2.88. The van der Waals surface area contributed by atoms with Crippen molar-refractivity contribution in [3.63, 3.8) is 0 Å². The van der Waals surface area contributed by atoms with Gasteiger partial charge in [0.2, 0.25) is 0 Å². The molecule has 0 aliphatic heterocycles. The van der Waals surface area contributed by atoms with Gasteiger partial charge in [-0.05, 0) is 18.2 Å². The van der Waals surface area contributed by atoms with Crippen molar-refractivity contribution in [1.29, 1.82) is 0 Å². The zero-order valence-electron chi connectivity index (χ0n) is 12.9. The summed E-state index contributed by atoms with van der Waals surface area (Å²) in [5.74, 6) is 0.473. The second kappa shape index (κ2) is 8.11. The lowest BCUT2D eigenvalue weighted by Crippen LogP contribution is -2.88. The van der Waals surface area contributed by atoms with Crippen LogP contribution in [0.3, 0.4) is 0 Å². The van der Waals surface area contributed by atoms with Crippen LogP contribution in [-0.2, 0) is 4.79 Å². The van der Waals surface area contributed by atoms with E-state index >= 15 is 0 Å². The molecule has 0 spiro atoms. The number of rotatable bonds is 6. The van der Waals surface area contributed by atoms with Crippen LogP contribution in [0, 0.1) is 5.92 Å². The van der Waals surface area contributed by atoms with Crippen LogP contribution < -0.4 is 10.6 Å². The monoisotopic (exact) mass is 361 g/mol. The Labute approximate surface area is 140 Å². The predicted octanol–water partition coefficient (Wildman–Crippen LogP) is 3.35. The number of halogens is 1. The Balaban J connectivity index is 1.94. The van der Waals surface area contributed by atoms with E-state index in [9.17, 15) is 4.79 Å². The number of carbonyl (C=O) groups excluding carboxylic acids is 1. The summed E-state index contributed by atoms with van der Waals surface area (Å²) in [6.45, 7) is 4.77. The predicted molar refractivity (Wildman–Crippen MR) is 93.6 cm³/mol. The fourth-order valence-electron chi connectivity index (χ4n) is 2.48. The molecular weight excluding hydrogens is 340 g/mol. The van der Waals surface area contributed by atoms with E-state index in [4.69, 9.17) is 0 Å². The Hall–Kier alpha value is -1.65. The number of benzene rings is 2. The lowest BCUT2D eigenvalue weighted by molar-refractivity contribution is -0.692. The Morgan fingerprint density at radius 1 is 1.14 bits per heavy atom. The van der Waals surface area contributed by atoms with Gasteiger partial charge in [-0.3, -0.25) is 4.79 Å². The molecule has 22 heavy (non-hydrogen) atoms. The number of nitrogens with two attached hydrogens (primary N) is 1. The maximum Gasteiger partial charge on any atom is 0.279 e. The summed E-state index contributed by atoms with van der Waals surface area (Å²) < 4.78 is 0.957. The van der Waals surface area contributed by atoms with Crippen LogP contribution in [0.2, 0.25) is 0 Å². The second-order valence-electron chi connectivity index (χ2n) is 5.68. The normalized spacial score (nSPS) is 12.2. The molecule has 3 N–H and O–H groups in total. The fraction of sp³-hybridized carbons (Fsp3) is 0.278. The molecule has 3 nitrogen and oxygen atoms in total. The summed E-state index contributed by atoms with van der Waals surface area (Å²) in [5, 5.41) is 5.03. The van der Waals surface area contributed by atoms with Crippen molar-refractivity contribution in [3.05, 3.63) is 64.6 Å². The quantitative estimate of drug-likeness (QED) is 0.814. The van der Waals surface area contributed by atoms with Gasteiger partial charge >= 0.3 is 0 Å². The third-order valence-electron chi connectivity index (χ3n) is 3.57. The topological polar surface area (TPSA) is 45.7 Å². The van der Waals surface area contributed by atoms with Crippen molar-refractivity contribution in [2.75, 3.05) is 11.9 Å². The van der Waals surface area contributed by atoms with Gasteiger partial charge in [0.05, 0.1) is 0 Å². The van der Waals surface area contributed by atoms with Gasteiger partial charge in [0.15, 0.2) is 6.54 Å². The molecule has 0 unspecified atom stereocenters. The van der Waals surface area contributed by atoms with Crippen LogP contribution in [-0.4, -0.2) is 12.5 Å². The van der Waals surface area contributed by atoms with Gasteiger partial charge in [-0.25, -0.2) is 0 Å². The molecule has 0 aromatic heterocycles. The van der Waals surface area contributed by atoms with Gasteiger partial charge in [-0.2, -0.15) is 0 Å². The van der Waals surface area contributed by atoms with E-state index < -0.39 is 0 Å². The van der Waals surface area contributed by atoms with Crippen molar-refractivity contribution in [3.8, 4) is 0 Å². The maximum absolute atomic E-state index is 12.1. The van der Waals surface area contributed by atoms with Crippen LogP contribution in [0.25, 0.3) is 0 Å². The molecule has 116 valence electrons. The zero-order valence-corrected chi connectivity index (χ0v) is 14.5. The van der Waals surface area contributed by atoms with E-state index in [0.29, 0.717) is 12.5 Å². The average Bonchev–Trinajstić information content (AvgIpc) is 2.48. The van der Waals surface area contributed by atoms with E-state index in [1.165, 1.54) is 5.56 Å². The van der Waals surface area contributed by atoms with Crippen LogP contribution in [0.15, 0.2) is 59.1 Å². The molecule has 4 heteroatoms. The molecule has 0 saturated heterocycles. The minimum absolute atomic E-state index is 0.0136. The molecule has 0 saturated carbocycles. The third kappa shape index (κ3) is 4.97. The lowest BCUT2D eigenvalue weighted by atomic mass is 9.96. The summed E-state index contributed by atoms with van der Waals surface area (Å²) in [5.41, 5.74) is 2.07. The van der Waals surface area contributed by atoms with Crippen molar-refractivity contribution >= 4 is 27.5 Å². The van der Waals surface area contributed by atoms with Crippen molar-refractivity contribution in [1.82, 2.24) is 0 Å². The highest BCUT2D eigenvalue weighted by Crippen LogP contribution is 2.17. The highest BCUT2D eigenvalue weighted by atomic mass is 79.9. The molecule has 0 bridgehead atoms. The molecule has 2 rings (SSSR count). The first-order valence-corrected chi connectivity index (χ1v) is 8.29. The first kappa shape index (κ1) is 16.7. The van der Waals surface area contributed by atoms with Crippen LogP contribution in [0.1, 0.15) is 25.5 Å².